The minimum absolute atomic E-state index is 0.0666. The number of aromatic amines is 1. The number of hydrogen-bond acceptors (Lipinski definition) is 3. The van der Waals surface area contributed by atoms with Gasteiger partial charge in [-0.1, -0.05) is 15.9 Å². The van der Waals surface area contributed by atoms with Gasteiger partial charge in [0.1, 0.15) is 0 Å². The third-order valence-corrected chi connectivity index (χ3v) is 2.32. The molecule has 0 aliphatic rings. The molecule has 0 atom stereocenters. The first kappa shape index (κ1) is 8.25. The largest absolute Gasteiger partial charge is 0.493 e. The molecule has 1 aromatic heterocycles. The number of fused-ring (bicyclic) bond motifs is 1. The predicted octanol–water partition coefficient (Wildman–Crippen LogP) is 3.30. The van der Waals surface area contributed by atoms with Gasteiger partial charge in [0.05, 0.1) is 5.52 Å². The minimum Gasteiger partial charge on any atom is -0.493 e. The van der Waals surface area contributed by atoms with E-state index in [0.717, 1.165) is 15.4 Å². The van der Waals surface area contributed by atoms with Crippen molar-refractivity contribution >= 4 is 32.5 Å². The molecule has 2 aromatic rings. The van der Waals surface area contributed by atoms with Crippen molar-refractivity contribution in [3.63, 3.8) is 0 Å². The van der Waals surface area contributed by atoms with Gasteiger partial charge < -0.3 is 10.1 Å². The molecule has 2 rings (SSSR count). The van der Waals surface area contributed by atoms with Crippen LogP contribution >= 0.6 is 15.9 Å². The van der Waals surface area contributed by atoms with Crippen LogP contribution in [0.15, 0.2) is 27.8 Å². The summed E-state index contributed by atoms with van der Waals surface area (Å²) in [6, 6.07) is 5.47. The number of H-pyrrole nitrogens is 1. The van der Waals surface area contributed by atoms with E-state index in [1.165, 1.54) is 0 Å². The van der Waals surface area contributed by atoms with Crippen molar-refractivity contribution in [2.45, 2.75) is 0 Å². The van der Waals surface area contributed by atoms with Crippen molar-refractivity contribution in [1.82, 2.24) is 4.98 Å². The molecule has 0 spiro atoms. The summed E-state index contributed by atoms with van der Waals surface area (Å²) >= 11 is 3.31. The summed E-state index contributed by atoms with van der Waals surface area (Å²) in [5, 5.41) is 13.3. The maximum Gasteiger partial charge on any atom is 0.218 e. The Kier molecular flexibility index (Phi) is 1.81. The van der Waals surface area contributed by atoms with Crippen molar-refractivity contribution in [3.8, 4) is 5.88 Å². The molecule has 3 N–H and O–H groups in total. The van der Waals surface area contributed by atoms with Crippen LogP contribution in [0.3, 0.4) is 0 Å². The molecule has 0 saturated heterocycles. The molecule has 0 bridgehead atoms. The summed E-state index contributed by atoms with van der Waals surface area (Å²) in [7, 11) is 0. The van der Waals surface area contributed by atoms with E-state index in [4.69, 9.17) is 5.53 Å². The SMILES string of the molecule is N=Nc1c(O)[nH]c2ccc(Br)cc12. The van der Waals surface area contributed by atoms with Gasteiger partial charge in [-0.3, -0.25) is 0 Å². The Balaban J connectivity index is 2.88. The molecule has 0 radical (unpaired) electrons. The second-order valence-corrected chi connectivity index (χ2v) is 3.54. The lowest BCUT2D eigenvalue weighted by Crippen LogP contribution is -1.66. The van der Waals surface area contributed by atoms with E-state index < -0.39 is 0 Å². The van der Waals surface area contributed by atoms with Crippen LogP contribution in [0.5, 0.6) is 5.88 Å². The first-order chi connectivity index (χ1) is 6.22. The zero-order valence-electron chi connectivity index (χ0n) is 6.50. The Hall–Kier alpha value is -1.36. The average molecular weight is 240 g/mol. The van der Waals surface area contributed by atoms with Crippen LogP contribution in [0.4, 0.5) is 5.69 Å². The van der Waals surface area contributed by atoms with Gasteiger partial charge >= 0.3 is 0 Å². The van der Waals surface area contributed by atoms with E-state index in [0.29, 0.717) is 0 Å². The number of halogens is 1. The Morgan fingerprint density at radius 3 is 2.92 bits per heavy atom. The molecular formula is C8H6BrN3O. The molecular weight excluding hydrogens is 234 g/mol. The van der Waals surface area contributed by atoms with Crippen molar-refractivity contribution in [2.75, 3.05) is 0 Å². The first-order valence-electron chi connectivity index (χ1n) is 3.60. The van der Waals surface area contributed by atoms with Gasteiger partial charge in [-0.15, -0.1) is 0 Å². The number of nitrogens with one attached hydrogen (secondary N) is 2. The summed E-state index contributed by atoms with van der Waals surface area (Å²) < 4.78 is 0.893. The lowest BCUT2D eigenvalue weighted by molar-refractivity contribution is 0.459. The van der Waals surface area contributed by atoms with Crippen molar-refractivity contribution < 1.29 is 5.11 Å². The summed E-state index contributed by atoms with van der Waals surface area (Å²) in [4.78, 5) is 2.73. The number of aromatic nitrogens is 1. The lowest BCUT2D eigenvalue weighted by Gasteiger charge is -1.90. The molecule has 0 amide bonds. The maximum atomic E-state index is 9.34. The van der Waals surface area contributed by atoms with E-state index in [9.17, 15) is 5.11 Å². The molecule has 0 unspecified atom stereocenters. The Bertz CT molecular complexity index is 477. The van der Waals surface area contributed by atoms with Gasteiger partial charge in [0.15, 0.2) is 5.69 Å². The van der Waals surface area contributed by atoms with Crippen LogP contribution < -0.4 is 0 Å². The molecule has 4 nitrogen and oxygen atoms in total. The van der Waals surface area contributed by atoms with E-state index in [1.807, 2.05) is 12.1 Å². The quantitative estimate of drug-likeness (QED) is 0.657. The highest BCUT2D eigenvalue weighted by molar-refractivity contribution is 9.10. The third kappa shape index (κ3) is 1.21. The van der Waals surface area contributed by atoms with Crippen LogP contribution in [0, 0.1) is 5.53 Å². The Morgan fingerprint density at radius 1 is 1.46 bits per heavy atom. The second kappa shape index (κ2) is 2.85. The Morgan fingerprint density at radius 2 is 2.23 bits per heavy atom. The molecule has 0 aliphatic carbocycles. The Labute approximate surface area is 82.2 Å². The van der Waals surface area contributed by atoms with Crippen molar-refractivity contribution in [1.29, 1.82) is 5.53 Å². The van der Waals surface area contributed by atoms with Gasteiger partial charge in [0, 0.05) is 9.86 Å². The molecule has 0 fully saturated rings. The van der Waals surface area contributed by atoms with Crippen LogP contribution in [0.25, 0.3) is 10.9 Å². The number of hydrogen-bond donors (Lipinski definition) is 3. The molecule has 13 heavy (non-hydrogen) atoms. The number of nitrogens with zero attached hydrogens (tertiary/aromatic N) is 1. The fourth-order valence-electron chi connectivity index (χ4n) is 1.25. The molecule has 0 aliphatic heterocycles. The normalized spacial score (nSPS) is 10.5. The second-order valence-electron chi connectivity index (χ2n) is 2.62. The monoisotopic (exact) mass is 239 g/mol. The number of rotatable bonds is 1. The first-order valence-corrected chi connectivity index (χ1v) is 4.39. The summed E-state index contributed by atoms with van der Waals surface area (Å²) in [6.07, 6.45) is 0. The van der Waals surface area contributed by atoms with Gasteiger partial charge in [-0.05, 0) is 18.2 Å². The minimum atomic E-state index is -0.0666. The standard InChI is InChI=1S/C8H6BrN3O/c9-4-1-2-6-5(3-4)7(12-10)8(13)11-6/h1-3,10-11,13H. The van der Waals surface area contributed by atoms with Crippen molar-refractivity contribution in [3.05, 3.63) is 22.7 Å². The van der Waals surface area contributed by atoms with Crippen LogP contribution in [-0.2, 0) is 0 Å². The highest BCUT2D eigenvalue weighted by atomic mass is 79.9. The zero-order chi connectivity index (χ0) is 9.42. The van der Waals surface area contributed by atoms with E-state index in [1.54, 1.807) is 6.07 Å². The lowest BCUT2D eigenvalue weighted by atomic mass is 10.2. The van der Waals surface area contributed by atoms with Crippen LogP contribution in [-0.4, -0.2) is 10.1 Å². The van der Waals surface area contributed by atoms with E-state index in [-0.39, 0.29) is 11.6 Å². The fraction of sp³-hybridized carbons (Fsp3) is 0. The van der Waals surface area contributed by atoms with Crippen LogP contribution in [0.1, 0.15) is 0 Å². The topological polar surface area (TPSA) is 72.2 Å². The van der Waals surface area contributed by atoms with Gasteiger partial charge in [0.2, 0.25) is 5.88 Å². The summed E-state index contributed by atoms with van der Waals surface area (Å²) in [5.41, 5.74) is 7.93. The average Bonchev–Trinajstić information content (AvgIpc) is 2.40. The maximum absolute atomic E-state index is 9.34. The van der Waals surface area contributed by atoms with Gasteiger partial charge in [-0.25, -0.2) is 5.53 Å². The smallest absolute Gasteiger partial charge is 0.218 e. The van der Waals surface area contributed by atoms with E-state index in [2.05, 4.69) is 26.0 Å². The number of benzene rings is 1. The molecule has 66 valence electrons. The number of aromatic hydroxyl groups is 1. The highest BCUT2D eigenvalue weighted by Gasteiger charge is 2.09. The zero-order valence-corrected chi connectivity index (χ0v) is 8.09. The van der Waals surface area contributed by atoms with E-state index >= 15 is 0 Å². The molecule has 0 saturated carbocycles. The fourth-order valence-corrected chi connectivity index (χ4v) is 1.61. The third-order valence-electron chi connectivity index (χ3n) is 1.83. The van der Waals surface area contributed by atoms with Crippen LogP contribution in [0.2, 0.25) is 0 Å². The summed E-state index contributed by atoms with van der Waals surface area (Å²) in [6.45, 7) is 0. The van der Waals surface area contributed by atoms with Gasteiger partial charge in [0.25, 0.3) is 0 Å². The predicted molar refractivity (Wildman–Crippen MR) is 52.5 cm³/mol. The molecule has 5 heteroatoms. The molecule has 1 aromatic carbocycles. The van der Waals surface area contributed by atoms with Crippen molar-refractivity contribution in [2.24, 2.45) is 5.11 Å². The highest BCUT2D eigenvalue weighted by Crippen LogP contribution is 2.36. The van der Waals surface area contributed by atoms with Gasteiger partial charge in [-0.2, -0.15) is 5.11 Å². The molecule has 1 heterocycles. The summed E-state index contributed by atoms with van der Waals surface area (Å²) in [5.74, 6) is -0.0666.